The van der Waals surface area contributed by atoms with Gasteiger partial charge in [-0.15, -0.1) is 0 Å². The molecule has 0 unspecified atom stereocenters. The van der Waals surface area contributed by atoms with E-state index in [2.05, 4.69) is 0 Å². The van der Waals surface area contributed by atoms with Gasteiger partial charge in [-0.05, 0) is 74.9 Å². The molecule has 2 aliphatic rings. The molecule has 226 valence electrons. The van der Waals surface area contributed by atoms with Crippen LogP contribution in [0.2, 0.25) is 0 Å². The summed E-state index contributed by atoms with van der Waals surface area (Å²) in [5.74, 6) is -1.05. The van der Waals surface area contributed by atoms with E-state index in [1.807, 2.05) is 99.6 Å². The lowest BCUT2D eigenvalue weighted by Crippen LogP contribution is -2.36. The fourth-order valence-electron chi connectivity index (χ4n) is 5.67. The van der Waals surface area contributed by atoms with Gasteiger partial charge in [-0.2, -0.15) is 0 Å². The predicted octanol–water partition coefficient (Wildman–Crippen LogP) is 6.21. The molecule has 9 heteroatoms. The van der Waals surface area contributed by atoms with Crippen molar-refractivity contribution in [2.45, 2.75) is 45.8 Å². The van der Waals surface area contributed by atoms with Crippen molar-refractivity contribution in [3.63, 3.8) is 0 Å². The van der Waals surface area contributed by atoms with Crippen LogP contribution in [0.5, 0.6) is 5.75 Å². The summed E-state index contributed by atoms with van der Waals surface area (Å²) < 4.78 is 11.4. The van der Waals surface area contributed by atoms with Crippen molar-refractivity contribution in [1.29, 1.82) is 0 Å². The van der Waals surface area contributed by atoms with E-state index < -0.39 is 23.6 Å². The number of carboxylic acids is 1. The largest absolute Gasteiger partial charge is 0.489 e. The number of carbonyl (C=O) groups is 3. The van der Waals surface area contributed by atoms with E-state index in [4.69, 9.17) is 9.47 Å². The Morgan fingerprint density at radius 3 is 2.21 bits per heavy atom. The number of urea groups is 1. The molecule has 5 rings (SSSR count). The van der Waals surface area contributed by atoms with E-state index in [-0.39, 0.29) is 11.9 Å². The van der Waals surface area contributed by atoms with Gasteiger partial charge < -0.3 is 19.5 Å². The molecule has 2 saturated heterocycles. The van der Waals surface area contributed by atoms with Crippen molar-refractivity contribution in [2.75, 3.05) is 36.0 Å². The Hall–Kier alpha value is -4.53. The lowest BCUT2D eigenvalue weighted by molar-refractivity contribution is -0.143. The highest BCUT2D eigenvalue weighted by Crippen LogP contribution is 2.32. The molecule has 1 N–H and O–H groups in total. The summed E-state index contributed by atoms with van der Waals surface area (Å²) in [5, 5.41) is 10.1. The number of likely N-dealkylation sites (tertiary alicyclic amines) is 1. The molecule has 3 aromatic carbocycles. The summed E-state index contributed by atoms with van der Waals surface area (Å²) in [6, 6.07) is 24.8. The molecule has 3 aromatic rings. The molecule has 2 aliphatic heterocycles. The van der Waals surface area contributed by atoms with Crippen LogP contribution in [0, 0.1) is 11.8 Å². The molecule has 43 heavy (non-hydrogen) atoms. The lowest BCUT2D eigenvalue weighted by atomic mass is 9.86. The van der Waals surface area contributed by atoms with Crippen LogP contribution in [0.3, 0.4) is 0 Å². The predicted molar refractivity (Wildman–Crippen MR) is 164 cm³/mol. The number of carbonyl (C=O) groups excluding carboxylic acids is 2. The Morgan fingerprint density at radius 2 is 1.53 bits per heavy atom. The van der Waals surface area contributed by atoms with Crippen molar-refractivity contribution in [2.24, 2.45) is 11.8 Å². The van der Waals surface area contributed by atoms with Gasteiger partial charge in [0.1, 0.15) is 18.0 Å². The van der Waals surface area contributed by atoms with Crippen LogP contribution >= 0.6 is 0 Å². The maximum absolute atomic E-state index is 13.5. The van der Waals surface area contributed by atoms with E-state index >= 15 is 0 Å². The molecule has 9 nitrogen and oxygen atoms in total. The number of benzene rings is 3. The van der Waals surface area contributed by atoms with Crippen LogP contribution in [-0.2, 0) is 22.6 Å². The molecule has 3 amide bonds. The van der Waals surface area contributed by atoms with E-state index in [0.717, 1.165) is 22.5 Å². The SMILES string of the molecule is CC(C)(C)OC(=O)N1CC[C@H]([C@H](Cc2cccc(N3CCN(c4cccc(OCc5ccccc5)c4)C3=O)c2)C(=O)O)C1. The van der Waals surface area contributed by atoms with Crippen molar-refractivity contribution in [1.82, 2.24) is 4.90 Å². The molecule has 0 spiro atoms. The molecule has 0 aromatic heterocycles. The number of nitrogens with zero attached hydrogens (tertiary/aromatic N) is 3. The zero-order chi connectivity index (χ0) is 30.6. The lowest BCUT2D eigenvalue weighted by Gasteiger charge is -2.25. The van der Waals surface area contributed by atoms with Gasteiger partial charge >= 0.3 is 18.1 Å². The average Bonchev–Trinajstić information content (AvgIpc) is 3.62. The zero-order valence-corrected chi connectivity index (χ0v) is 24.9. The maximum Gasteiger partial charge on any atom is 0.410 e. The van der Waals surface area contributed by atoms with Gasteiger partial charge in [0, 0.05) is 43.6 Å². The minimum atomic E-state index is -0.890. The second-order valence-corrected chi connectivity index (χ2v) is 12.2. The van der Waals surface area contributed by atoms with Crippen LogP contribution in [-0.4, -0.2) is 59.9 Å². The summed E-state index contributed by atoms with van der Waals surface area (Å²) in [4.78, 5) is 43.4. The smallest absolute Gasteiger partial charge is 0.410 e. The number of amides is 3. The number of rotatable bonds is 9. The third kappa shape index (κ3) is 7.46. The van der Waals surface area contributed by atoms with Crippen LogP contribution in [0.1, 0.15) is 38.3 Å². The zero-order valence-electron chi connectivity index (χ0n) is 24.9. The highest BCUT2D eigenvalue weighted by Gasteiger charge is 2.37. The number of hydrogen-bond donors (Lipinski definition) is 1. The quantitative estimate of drug-likeness (QED) is 0.320. The highest BCUT2D eigenvalue weighted by atomic mass is 16.6. The number of carboxylic acid groups (broad SMARTS) is 1. The first-order valence-electron chi connectivity index (χ1n) is 14.7. The Kier molecular flexibility index (Phi) is 8.89. The minimum Gasteiger partial charge on any atom is -0.489 e. The van der Waals surface area contributed by atoms with Crippen LogP contribution in [0.25, 0.3) is 0 Å². The Morgan fingerprint density at radius 1 is 0.884 bits per heavy atom. The number of hydrogen-bond acceptors (Lipinski definition) is 5. The number of aliphatic carboxylic acids is 1. The van der Waals surface area contributed by atoms with E-state index in [9.17, 15) is 19.5 Å². The van der Waals surface area contributed by atoms with Gasteiger partial charge in [-0.25, -0.2) is 9.59 Å². The molecule has 2 fully saturated rings. The monoisotopic (exact) mass is 585 g/mol. The normalized spacial score (nSPS) is 17.7. The van der Waals surface area contributed by atoms with E-state index in [1.54, 1.807) is 14.7 Å². The van der Waals surface area contributed by atoms with Gasteiger partial charge in [0.05, 0.1) is 5.92 Å². The maximum atomic E-state index is 13.5. The van der Waals surface area contributed by atoms with E-state index in [0.29, 0.717) is 51.4 Å². The summed E-state index contributed by atoms with van der Waals surface area (Å²) in [7, 11) is 0. The van der Waals surface area contributed by atoms with Crippen LogP contribution in [0.4, 0.5) is 21.0 Å². The summed E-state index contributed by atoms with van der Waals surface area (Å²) in [6.07, 6.45) is 0.498. The average molecular weight is 586 g/mol. The van der Waals surface area contributed by atoms with Crippen LogP contribution in [0.15, 0.2) is 78.9 Å². The fourth-order valence-corrected chi connectivity index (χ4v) is 5.67. The van der Waals surface area contributed by atoms with Gasteiger partial charge in [-0.3, -0.25) is 14.6 Å². The number of ether oxygens (including phenoxy) is 2. The molecular weight excluding hydrogens is 546 g/mol. The van der Waals surface area contributed by atoms with Crippen molar-refractivity contribution < 1.29 is 29.0 Å². The Bertz CT molecular complexity index is 1450. The first kappa shape index (κ1) is 29.9. The molecule has 0 saturated carbocycles. The molecule has 0 radical (unpaired) electrons. The van der Waals surface area contributed by atoms with Gasteiger partial charge in [0.2, 0.25) is 0 Å². The third-order valence-corrected chi connectivity index (χ3v) is 7.83. The molecule has 0 bridgehead atoms. The first-order chi connectivity index (χ1) is 20.6. The molecule has 2 atom stereocenters. The second-order valence-electron chi connectivity index (χ2n) is 12.2. The summed E-state index contributed by atoms with van der Waals surface area (Å²) in [6.45, 7) is 7.73. The minimum absolute atomic E-state index is 0.143. The molecular formula is C34H39N3O6. The highest BCUT2D eigenvalue weighted by molar-refractivity contribution is 6.06. The molecule has 0 aliphatic carbocycles. The van der Waals surface area contributed by atoms with Gasteiger partial charge in [0.15, 0.2) is 0 Å². The van der Waals surface area contributed by atoms with Crippen LogP contribution < -0.4 is 14.5 Å². The second kappa shape index (κ2) is 12.8. The van der Waals surface area contributed by atoms with Gasteiger partial charge in [-0.1, -0.05) is 48.5 Å². The Labute approximate surface area is 252 Å². The number of anilines is 2. The summed E-state index contributed by atoms with van der Waals surface area (Å²) >= 11 is 0. The van der Waals surface area contributed by atoms with Crippen molar-refractivity contribution >= 4 is 29.5 Å². The fraction of sp³-hybridized carbons (Fsp3) is 0.382. The molecule has 2 heterocycles. The van der Waals surface area contributed by atoms with Gasteiger partial charge in [0.25, 0.3) is 0 Å². The summed E-state index contributed by atoms with van der Waals surface area (Å²) in [5.41, 5.74) is 2.78. The van der Waals surface area contributed by atoms with Crippen molar-refractivity contribution in [3.05, 3.63) is 90.0 Å². The van der Waals surface area contributed by atoms with Crippen molar-refractivity contribution in [3.8, 4) is 5.75 Å². The standard InChI is InChI=1S/C34H39N3O6/c1-34(2,3)43-33(41)35-16-15-26(22-35)30(31(38)39)20-25-11-7-12-27(19-25)36-17-18-37(32(36)40)28-13-8-14-29(21-28)42-23-24-9-5-4-6-10-24/h4-14,19,21,26,30H,15-18,20,22-23H2,1-3H3,(H,38,39)/t26-,30-/m0/s1. The topological polar surface area (TPSA) is 99.6 Å². The Balaban J connectivity index is 1.23. The third-order valence-electron chi connectivity index (χ3n) is 7.83. The first-order valence-corrected chi connectivity index (χ1v) is 14.7. The van der Waals surface area contributed by atoms with E-state index in [1.165, 1.54) is 0 Å².